The molecular formula is C10H8ClNO2S. The summed E-state index contributed by atoms with van der Waals surface area (Å²) in [7, 11) is 0. The van der Waals surface area contributed by atoms with Crippen LogP contribution in [0.1, 0.15) is 17.4 Å². The summed E-state index contributed by atoms with van der Waals surface area (Å²) in [5.41, 5.74) is 0.261. The van der Waals surface area contributed by atoms with Gasteiger partial charge in [0.2, 0.25) is 0 Å². The normalized spacial score (nSPS) is 10.5. The second-order valence-corrected chi connectivity index (χ2v) is 4.16. The summed E-state index contributed by atoms with van der Waals surface area (Å²) in [5.74, 6) is -0.435. The Kier molecular flexibility index (Phi) is 2.88. The number of fused-ring (bicyclic) bond motifs is 1. The maximum Gasteiger partial charge on any atom is 0.357 e. The van der Waals surface area contributed by atoms with Crippen LogP contribution in [-0.4, -0.2) is 17.6 Å². The zero-order valence-electron chi connectivity index (χ0n) is 7.99. The predicted molar refractivity (Wildman–Crippen MR) is 60.6 cm³/mol. The van der Waals surface area contributed by atoms with Crippen LogP contribution < -0.4 is 0 Å². The molecule has 0 radical (unpaired) electrons. The Balaban J connectivity index is 2.49. The number of hydrogen-bond donors (Lipinski definition) is 0. The van der Waals surface area contributed by atoms with Gasteiger partial charge >= 0.3 is 5.97 Å². The van der Waals surface area contributed by atoms with E-state index in [1.807, 2.05) is 11.4 Å². The van der Waals surface area contributed by atoms with Crippen molar-refractivity contribution in [1.29, 1.82) is 0 Å². The van der Waals surface area contributed by atoms with E-state index < -0.39 is 5.97 Å². The number of ether oxygens (including phenoxy) is 1. The summed E-state index contributed by atoms with van der Waals surface area (Å²) in [4.78, 5) is 15.4. The molecule has 2 aromatic rings. The van der Waals surface area contributed by atoms with Crippen molar-refractivity contribution in [2.45, 2.75) is 6.92 Å². The number of rotatable bonds is 2. The number of thiophene rings is 1. The molecule has 0 bridgehead atoms. The van der Waals surface area contributed by atoms with Crippen molar-refractivity contribution >= 4 is 39.0 Å². The average Bonchev–Trinajstić information content (AvgIpc) is 2.66. The maximum atomic E-state index is 11.4. The van der Waals surface area contributed by atoms with E-state index in [9.17, 15) is 4.79 Å². The highest BCUT2D eigenvalue weighted by Gasteiger charge is 2.12. The Morgan fingerprint density at radius 3 is 3.20 bits per heavy atom. The van der Waals surface area contributed by atoms with E-state index in [0.717, 1.165) is 10.1 Å². The van der Waals surface area contributed by atoms with Gasteiger partial charge in [0.15, 0.2) is 5.69 Å². The van der Waals surface area contributed by atoms with E-state index >= 15 is 0 Å². The number of pyridine rings is 1. The Morgan fingerprint density at radius 2 is 2.47 bits per heavy atom. The Morgan fingerprint density at radius 1 is 1.67 bits per heavy atom. The van der Waals surface area contributed by atoms with Gasteiger partial charge in [0.25, 0.3) is 0 Å². The summed E-state index contributed by atoms with van der Waals surface area (Å²) in [6.07, 6.45) is 0. The standard InChI is InChI=1S/C10H8ClNO2S/c1-2-14-10(13)7-5-8-6(3-4-15-8)9(11)12-7/h3-5H,2H2,1H3. The predicted octanol–water partition coefficient (Wildman–Crippen LogP) is 3.13. The number of halogens is 1. The zero-order chi connectivity index (χ0) is 10.8. The number of carbonyl (C=O) groups excluding carboxylic acids is 1. The lowest BCUT2D eigenvalue weighted by molar-refractivity contribution is 0.0520. The molecule has 0 atom stereocenters. The van der Waals surface area contributed by atoms with E-state index in [2.05, 4.69) is 4.98 Å². The van der Waals surface area contributed by atoms with Crippen molar-refractivity contribution in [3.63, 3.8) is 0 Å². The van der Waals surface area contributed by atoms with Crippen LogP contribution in [0.4, 0.5) is 0 Å². The third-order valence-corrected chi connectivity index (χ3v) is 3.04. The quantitative estimate of drug-likeness (QED) is 0.599. The first-order chi connectivity index (χ1) is 7.22. The topological polar surface area (TPSA) is 39.2 Å². The Bertz CT molecular complexity index is 509. The fourth-order valence-electron chi connectivity index (χ4n) is 1.24. The van der Waals surface area contributed by atoms with Crippen molar-refractivity contribution in [2.24, 2.45) is 0 Å². The minimum absolute atomic E-state index is 0.261. The molecule has 0 fully saturated rings. The minimum Gasteiger partial charge on any atom is -0.461 e. The van der Waals surface area contributed by atoms with E-state index in [1.165, 1.54) is 11.3 Å². The largest absolute Gasteiger partial charge is 0.461 e. The highest BCUT2D eigenvalue weighted by molar-refractivity contribution is 7.17. The lowest BCUT2D eigenvalue weighted by atomic mass is 10.3. The second-order valence-electron chi connectivity index (χ2n) is 2.85. The van der Waals surface area contributed by atoms with Crippen LogP contribution >= 0.6 is 22.9 Å². The van der Waals surface area contributed by atoms with Crippen molar-refractivity contribution < 1.29 is 9.53 Å². The van der Waals surface area contributed by atoms with Gasteiger partial charge in [0, 0.05) is 10.1 Å². The summed E-state index contributed by atoms with van der Waals surface area (Å²) in [6.45, 7) is 2.09. The molecule has 0 aliphatic heterocycles. The first-order valence-electron chi connectivity index (χ1n) is 4.43. The van der Waals surface area contributed by atoms with E-state index in [0.29, 0.717) is 11.8 Å². The second kappa shape index (κ2) is 4.16. The summed E-state index contributed by atoms with van der Waals surface area (Å²) in [6, 6.07) is 3.58. The number of hydrogen-bond acceptors (Lipinski definition) is 4. The molecule has 78 valence electrons. The van der Waals surface area contributed by atoms with E-state index in [1.54, 1.807) is 13.0 Å². The van der Waals surface area contributed by atoms with Crippen LogP contribution in [0.2, 0.25) is 5.15 Å². The van der Waals surface area contributed by atoms with Gasteiger partial charge in [-0.05, 0) is 24.4 Å². The Labute approximate surface area is 95.6 Å². The van der Waals surface area contributed by atoms with Gasteiger partial charge in [-0.2, -0.15) is 0 Å². The highest BCUT2D eigenvalue weighted by Crippen LogP contribution is 2.27. The number of aromatic nitrogens is 1. The zero-order valence-corrected chi connectivity index (χ0v) is 9.56. The third kappa shape index (κ3) is 1.96. The third-order valence-electron chi connectivity index (χ3n) is 1.89. The monoisotopic (exact) mass is 241 g/mol. The molecular weight excluding hydrogens is 234 g/mol. The molecule has 0 aliphatic carbocycles. The molecule has 0 spiro atoms. The molecule has 3 nitrogen and oxygen atoms in total. The minimum atomic E-state index is -0.435. The smallest absolute Gasteiger partial charge is 0.357 e. The van der Waals surface area contributed by atoms with Crippen molar-refractivity contribution in [3.05, 3.63) is 28.4 Å². The molecule has 2 rings (SSSR count). The first kappa shape index (κ1) is 10.4. The Hall–Kier alpha value is -1.13. The number of nitrogens with zero attached hydrogens (tertiary/aromatic N) is 1. The fraction of sp³-hybridized carbons (Fsp3) is 0.200. The van der Waals surface area contributed by atoms with Gasteiger partial charge in [-0.25, -0.2) is 9.78 Å². The molecule has 15 heavy (non-hydrogen) atoms. The molecule has 5 heteroatoms. The average molecular weight is 242 g/mol. The van der Waals surface area contributed by atoms with Gasteiger partial charge in [0.05, 0.1) is 6.61 Å². The van der Waals surface area contributed by atoms with E-state index in [-0.39, 0.29) is 5.69 Å². The van der Waals surface area contributed by atoms with Crippen molar-refractivity contribution in [1.82, 2.24) is 4.98 Å². The van der Waals surface area contributed by atoms with Crippen molar-refractivity contribution in [2.75, 3.05) is 6.61 Å². The molecule has 0 aliphatic rings. The van der Waals surface area contributed by atoms with Crippen molar-refractivity contribution in [3.8, 4) is 0 Å². The molecule has 0 aromatic carbocycles. The van der Waals surface area contributed by atoms with Crippen LogP contribution in [-0.2, 0) is 4.74 Å². The summed E-state index contributed by atoms with van der Waals surface area (Å²) >= 11 is 7.45. The SMILES string of the molecule is CCOC(=O)c1cc2sccc2c(Cl)n1. The van der Waals surface area contributed by atoms with Gasteiger partial charge in [0.1, 0.15) is 5.15 Å². The maximum absolute atomic E-state index is 11.4. The summed E-state index contributed by atoms with van der Waals surface area (Å²) < 4.78 is 5.80. The highest BCUT2D eigenvalue weighted by atomic mass is 35.5. The van der Waals surface area contributed by atoms with Crippen LogP contribution in [0.15, 0.2) is 17.5 Å². The van der Waals surface area contributed by atoms with Gasteiger partial charge < -0.3 is 4.74 Å². The lowest BCUT2D eigenvalue weighted by Gasteiger charge is -2.01. The van der Waals surface area contributed by atoms with Gasteiger partial charge in [-0.15, -0.1) is 11.3 Å². The van der Waals surface area contributed by atoms with Gasteiger partial charge in [-0.3, -0.25) is 0 Å². The molecule has 0 saturated carbocycles. The van der Waals surface area contributed by atoms with Crippen LogP contribution in [0, 0.1) is 0 Å². The first-order valence-corrected chi connectivity index (χ1v) is 5.69. The molecule has 0 amide bonds. The number of carbonyl (C=O) groups is 1. The molecule has 0 N–H and O–H groups in total. The lowest BCUT2D eigenvalue weighted by Crippen LogP contribution is -2.06. The molecule has 2 aromatic heterocycles. The van der Waals surface area contributed by atoms with Crippen LogP contribution in [0.25, 0.3) is 10.1 Å². The van der Waals surface area contributed by atoms with Gasteiger partial charge in [-0.1, -0.05) is 11.6 Å². The summed E-state index contributed by atoms with van der Waals surface area (Å²) in [5, 5.41) is 3.12. The van der Waals surface area contributed by atoms with Crippen LogP contribution in [0.3, 0.4) is 0 Å². The van der Waals surface area contributed by atoms with E-state index in [4.69, 9.17) is 16.3 Å². The molecule has 2 heterocycles. The molecule has 0 unspecified atom stereocenters. The van der Waals surface area contributed by atoms with Crippen LogP contribution in [0.5, 0.6) is 0 Å². The fourth-order valence-corrected chi connectivity index (χ4v) is 2.37. The molecule has 0 saturated heterocycles. The number of esters is 1.